The molecule has 0 aliphatic carbocycles. The zero-order valence-corrected chi connectivity index (χ0v) is 23.4. The molecule has 0 unspecified atom stereocenters. The van der Waals surface area contributed by atoms with Gasteiger partial charge in [-0.1, -0.05) is 73.1 Å². The number of benzene rings is 3. The van der Waals surface area contributed by atoms with Gasteiger partial charge in [0.25, 0.3) is 0 Å². The van der Waals surface area contributed by atoms with E-state index >= 15 is 0 Å². The van der Waals surface area contributed by atoms with Crippen molar-refractivity contribution in [2.24, 2.45) is 5.10 Å². The quantitative estimate of drug-likeness (QED) is 0.172. The van der Waals surface area contributed by atoms with Gasteiger partial charge in [-0.3, -0.25) is 4.79 Å². The molecule has 7 heteroatoms. The molecule has 0 aliphatic rings. The average Bonchev–Trinajstić information content (AvgIpc) is 2.79. The minimum Gasteiger partial charge on any atom is -0.493 e. The molecule has 1 N–H and O–H groups in total. The van der Waals surface area contributed by atoms with Crippen LogP contribution in [0.5, 0.6) is 11.5 Å². The monoisotopic (exact) mass is 634 g/mol. The Balaban J connectivity index is 1.60. The molecule has 1 amide bonds. The second-order valence-corrected chi connectivity index (χ2v) is 10.9. The number of nitrogens with one attached hydrogen (secondary N) is 1. The van der Waals surface area contributed by atoms with Gasteiger partial charge in [-0.25, -0.2) is 5.43 Å². The van der Waals surface area contributed by atoms with Gasteiger partial charge in [-0.2, -0.15) is 5.10 Å². The van der Waals surface area contributed by atoms with Gasteiger partial charge in [-0.15, -0.1) is 0 Å². The summed E-state index contributed by atoms with van der Waals surface area (Å²) in [5, 5.41) is 4.11. The van der Waals surface area contributed by atoms with Crippen molar-refractivity contribution in [2.45, 2.75) is 39.2 Å². The predicted molar refractivity (Wildman–Crippen MR) is 149 cm³/mol. The Hall–Kier alpha value is -2.39. The molecule has 0 aromatic heterocycles. The van der Waals surface area contributed by atoms with Gasteiger partial charge < -0.3 is 9.47 Å². The van der Waals surface area contributed by atoms with Crippen LogP contribution in [0.2, 0.25) is 0 Å². The number of methoxy groups -OCH3 is 1. The van der Waals surface area contributed by atoms with Crippen molar-refractivity contribution < 1.29 is 14.3 Å². The second-order valence-electron chi connectivity index (χ2n) is 8.87. The molecule has 3 aromatic carbocycles. The summed E-state index contributed by atoms with van der Waals surface area (Å²) < 4.78 is 13.5. The molecule has 3 rings (SSSR count). The summed E-state index contributed by atoms with van der Waals surface area (Å²) in [6.07, 6.45) is 1.87. The van der Waals surface area contributed by atoms with E-state index in [-0.39, 0.29) is 17.7 Å². The van der Waals surface area contributed by atoms with Crippen LogP contribution in [0.3, 0.4) is 0 Å². The van der Waals surface area contributed by atoms with Crippen LogP contribution in [0.4, 0.5) is 0 Å². The number of rotatable bonds is 8. The largest absolute Gasteiger partial charge is 0.493 e. The van der Waals surface area contributed by atoms with E-state index < -0.39 is 0 Å². The molecule has 5 nitrogen and oxygen atoms in total. The number of hydrazone groups is 1. The fraction of sp³-hybridized carbons (Fsp3) is 0.259. The molecule has 0 heterocycles. The van der Waals surface area contributed by atoms with Crippen LogP contribution in [0.25, 0.3) is 0 Å². The van der Waals surface area contributed by atoms with Gasteiger partial charge in [0.15, 0.2) is 11.5 Å². The number of nitrogens with zero attached hydrogens (tertiary/aromatic N) is 1. The zero-order chi connectivity index (χ0) is 24.7. The minimum absolute atomic E-state index is 0.0865. The molecule has 3 aromatic rings. The summed E-state index contributed by atoms with van der Waals surface area (Å²) in [5.41, 5.74) is 6.73. The second kappa shape index (κ2) is 11.8. The average molecular weight is 635 g/mol. The van der Waals surface area contributed by atoms with Gasteiger partial charge in [-0.05, 0) is 74.5 Å². The molecule has 0 fully saturated rings. The molecular weight excluding hydrogens is 607 g/mol. The summed E-state index contributed by atoms with van der Waals surface area (Å²) in [4.78, 5) is 12.3. The minimum atomic E-state index is -0.170. The number of hydrogen-bond donors (Lipinski definition) is 1. The Morgan fingerprint density at radius 2 is 1.71 bits per heavy atom. The molecule has 0 saturated carbocycles. The van der Waals surface area contributed by atoms with Crippen molar-refractivity contribution in [1.82, 2.24) is 5.43 Å². The highest BCUT2D eigenvalue weighted by molar-refractivity contribution is 14.1. The van der Waals surface area contributed by atoms with E-state index in [0.29, 0.717) is 18.1 Å². The van der Waals surface area contributed by atoms with Crippen LogP contribution in [0, 0.1) is 3.57 Å². The number of amides is 1. The van der Waals surface area contributed by atoms with Crippen LogP contribution >= 0.6 is 38.5 Å². The van der Waals surface area contributed by atoms with Crippen LogP contribution in [0.1, 0.15) is 43.0 Å². The third-order valence-electron chi connectivity index (χ3n) is 5.14. The van der Waals surface area contributed by atoms with Gasteiger partial charge in [0.2, 0.25) is 5.91 Å². The van der Waals surface area contributed by atoms with Crippen molar-refractivity contribution in [2.75, 3.05) is 7.11 Å². The van der Waals surface area contributed by atoms with Crippen molar-refractivity contribution in [3.8, 4) is 11.5 Å². The highest BCUT2D eigenvalue weighted by Gasteiger charge is 2.14. The standard InChI is InChI=1S/C27H28BrIN2O3/c1-27(2,3)21-9-5-18(6-10-21)15-25(32)31-30-16-20-13-23(29)26(24(14-20)33-4)34-17-19-7-11-22(28)12-8-19/h5-14,16H,15,17H2,1-4H3,(H,31,32)/b30-16-. The maximum absolute atomic E-state index is 12.3. The van der Waals surface area contributed by atoms with Crippen LogP contribution < -0.4 is 14.9 Å². The maximum Gasteiger partial charge on any atom is 0.244 e. The van der Waals surface area contributed by atoms with E-state index in [2.05, 4.69) is 82.0 Å². The molecule has 0 aliphatic heterocycles. The van der Waals surface area contributed by atoms with E-state index in [9.17, 15) is 4.79 Å². The van der Waals surface area contributed by atoms with Crippen molar-refractivity contribution in [1.29, 1.82) is 0 Å². The Kier molecular flexibility index (Phi) is 9.13. The third kappa shape index (κ3) is 7.56. The molecule has 0 bridgehead atoms. The van der Waals surface area contributed by atoms with Crippen LogP contribution in [-0.4, -0.2) is 19.2 Å². The molecule has 0 atom stereocenters. The predicted octanol–water partition coefficient (Wildman–Crippen LogP) is 6.63. The Morgan fingerprint density at radius 1 is 1.06 bits per heavy atom. The van der Waals surface area contributed by atoms with Gasteiger partial charge in [0.1, 0.15) is 6.61 Å². The lowest BCUT2D eigenvalue weighted by Crippen LogP contribution is -2.20. The Labute approximate surface area is 223 Å². The lowest BCUT2D eigenvalue weighted by atomic mass is 9.86. The SMILES string of the molecule is COc1cc(/C=N\NC(=O)Cc2ccc(C(C)(C)C)cc2)cc(I)c1OCc1ccc(Br)cc1. The van der Waals surface area contributed by atoms with Gasteiger partial charge >= 0.3 is 0 Å². The first-order valence-corrected chi connectivity index (χ1v) is 12.7. The van der Waals surface area contributed by atoms with E-state index in [1.165, 1.54) is 5.56 Å². The van der Waals surface area contributed by atoms with E-state index in [0.717, 1.165) is 24.7 Å². The van der Waals surface area contributed by atoms with Crippen LogP contribution in [0.15, 0.2) is 70.2 Å². The fourth-order valence-electron chi connectivity index (χ4n) is 3.22. The number of halogens is 2. The van der Waals surface area contributed by atoms with E-state index in [1.54, 1.807) is 13.3 Å². The smallest absolute Gasteiger partial charge is 0.244 e. The first-order valence-electron chi connectivity index (χ1n) is 10.8. The van der Waals surface area contributed by atoms with Gasteiger partial charge in [0.05, 0.1) is 23.3 Å². The Morgan fingerprint density at radius 3 is 2.32 bits per heavy atom. The third-order valence-corrected chi connectivity index (χ3v) is 6.47. The zero-order valence-electron chi connectivity index (χ0n) is 19.7. The lowest BCUT2D eigenvalue weighted by molar-refractivity contribution is -0.120. The van der Waals surface area contributed by atoms with Crippen molar-refractivity contribution in [3.63, 3.8) is 0 Å². The topological polar surface area (TPSA) is 59.9 Å². The molecule has 0 radical (unpaired) electrons. The van der Waals surface area contributed by atoms with Crippen molar-refractivity contribution in [3.05, 3.63) is 91.0 Å². The summed E-state index contributed by atoms with van der Waals surface area (Å²) >= 11 is 5.65. The molecule has 34 heavy (non-hydrogen) atoms. The number of carbonyl (C=O) groups is 1. The number of hydrogen-bond acceptors (Lipinski definition) is 4. The summed E-state index contributed by atoms with van der Waals surface area (Å²) in [6, 6.07) is 19.9. The normalized spacial score (nSPS) is 11.5. The first-order chi connectivity index (χ1) is 16.2. The van der Waals surface area contributed by atoms with Gasteiger partial charge in [0, 0.05) is 4.47 Å². The number of carbonyl (C=O) groups excluding carboxylic acids is 1. The van der Waals surface area contributed by atoms with Crippen LogP contribution in [-0.2, 0) is 23.2 Å². The highest BCUT2D eigenvalue weighted by atomic mass is 127. The molecule has 178 valence electrons. The van der Waals surface area contributed by atoms with Crippen molar-refractivity contribution >= 4 is 50.6 Å². The highest BCUT2D eigenvalue weighted by Crippen LogP contribution is 2.34. The summed E-state index contributed by atoms with van der Waals surface area (Å²) in [5.74, 6) is 1.11. The summed E-state index contributed by atoms with van der Waals surface area (Å²) in [6.45, 7) is 6.93. The molecular formula is C27H28BrIN2O3. The van der Waals surface area contributed by atoms with E-state index in [1.807, 2.05) is 48.5 Å². The Bertz CT molecular complexity index is 1150. The number of ether oxygens (including phenoxy) is 2. The molecule has 0 spiro atoms. The maximum atomic E-state index is 12.3. The molecule has 0 saturated heterocycles. The lowest BCUT2D eigenvalue weighted by Gasteiger charge is -2.19. The van der Waals surface area contributed by atoms with E-state index in [4.69, 9.17) is 9.47 Å². The fourth-order valence-corrected chi connectivity index (χ4v) is 4.26. The summed E-state index contributed by atoms with van der Waals surface area (Å²) in [7, 11) is 1.60. The first kappa shape index (κ1) is 26.2.